The molecule has 0 unspecified atom stereocenters. The molecule has 21 heavy (non-hydrogen) atoms. The predicted molar refractivity (Wildman–Crippen MR) is 82.2 cm³/mol. The summed E-state index contributed by atoms with van der Waals surface area (Å²) in [6.45, 7) is 2.23. The molecular formula is C17H28N2O2. The van der Waals surface area contributed by atoms with E-state index < -0.39 is 11.8 Å². The average Bonchev–Trinajstić information content (AvgIpc) is 2.45. The van der Waals surface area contributed by atoms with E-state index in [0.717, 1.165) is 19.3 Å². The highest BCUT2D eigenvalue weighted by molar-refractivity contribution is 6.00. The Bertz CT molecular complexity index is 373. The maximum atomic E-state index is 11.6. The largest absolute Gasteiger partial charge is 0.295 e. The molecule has 0 bridgehead atoms. The van der Waals surface area contributed by atoms with Gasteiger partial charge in [0.25, 0.3) is 0 Å². The van der Waals surface area contributed by atoms with Crippen LogP contribution in [0, 0.1) is 23.2 Å². The Morgan fingerprint density at radius 3 is 2.19 bits per heavy atom. The van der Waals surface area contributed by atoms with E-state index in [1.165, 1.54) is 44.9 Å². The van der Waals surface area contributed by atoms with Gasteiger partial charge in [0.15, 0.2) is 0 Å². The molecule has 2 atom stereocenters. The first kappa shape index (κ1) is 17.7. The Labute approximate surface area is 128 Å². The highest BCUT2D eigenvalue weighted by Crippen LogP contribution is 2.26. The van der Waals surface area contributed by atoms with E-state index in [-0.39, 0.29) is 11.8 Å². The van der Waals surface area contributed by atoms with E-state index in [1.54, 1.807) is 0 Å². The third-order valence-corrected chi connectivity index (χ3v) is 4.28. The van der Waals surface area contributed by atoms with E-state index in [0.29, 0.717) is 6.42 Å². The summed E-state index contributed by atoms with van der Waals surface area (Å²) in [6, 6.07) is 2.04. The lowest BCUT2D eigenvalue weighted by molar-refractivity contribution is -0.137. The Kier molecular flexibility index (Phi) is 8.73. The fourth-order valence-corrected chi connectivity index (χ4v) is 2.99. The summed E-state index contributed by atoms with van der Waals surface area (Å²) >= 11 is 0. The number of hydrogen-bond donors (Lipinski definition) is 1. The molecule has 1 rings (SSSR count). The Hall–Kier alpha value is -1.37. The molecule has 1 aliphatic heterocycles. The SMILES string of the molecule is CCCCCCCCCCC[C@@H]1CC(=O)NC(=O)[C@H]1C#N. The van der Waals surface area contributed by atoms with Crippen molar-refractivity contribution in [3.8, 4) is 6.07 Å². The fraction of sp³-hybridized carbons (Fsp3) is 0.824. The second-order valence-corrected chi connectivity index (χ2v) is 6.10. The highest BCUT2D eigenvalue weighted by Gasteiger charge is 2.35. The van der Waals surface area contributed by atoms with Crippen LogP contribution >= 0.6 is 0 Å². The second kappa shape index (κ2) is 10.4. The average molecular weight is 292 g/mol. The minimum absolute atomic E-state index is 0.0826. The van der Waals surface area contributed by atoms with Gasteiger partial charge in [0.2, 0.25) is 11.8 Å². The summed E-state index contributed by atoms with van der Waals surface area (Å²) in [5.74, 6) is -1.36. The van der Waals surface area contributed by atoms with Crippen LogP contribution in [0.5, 0.6) is 0 Å². The normalized spacial score (nSPS) is 21.9. The van der Waals surface area contributed by atoms with Crippen LogP contribution in [0.1, 0.15) is 77.6 Å². The van der Waals surface area contributed by atoms with Gasteiger partial charge < -0.3 is 0 Å². The van der Waals surface area contributed by atoms with Gasteiger partial charge in [0, 0.05) is 6.42 Å². The van der Waals surface area contributed by atoms with E-state index in [4.69, 9.17) is 5.26 Å². The minimum atomic E-state index is -0.642. The summed E-state index contributed by atoms with van der Waals surface area (Å²) in [6.07, 6.45) is 12.4. The van der Waals surface area contributed by atoms with Gasteiger partial charge in [0.05, 0.1) is 6.07 Å². The van der Waals surface area contributed by atoms with Crippen molar-refractivity contribution >= 4 is 11.8 Å². The molecule has 0 radical (unpaired) electrons. The van der Waals surface area contributed by atoms with Crippen molar-refractivity contribution in [1.82, 2.24) is 5.32 Å². The van der Waals surface area contributed by atoms with Gasteiger partial charge in [-0.2, -0.15) is 5.26 Å². The quantitative estimate of drug-likeness (QED) is 0.493. The molecule has 1 saturated heterocycles. The number of amides is 2. The molecule has 0 aromatic heterocycles. The van der Waals surface area contributed by atoms with Crippen molar-refractivity contribution < 1.29 is 9.59 Å². The second-order valence-electron chi connectivity index (χ2n) is 6.10. The van der Waals surface area contributed by atoms with Crippen molar-refractivity contribution in [2.75, 3.05) is 0 Å². The van der Waals surface area contributed by atoms with Crippen LogP contribution in [0.25, 0.3) is 0 Å². The van der Waals surface area contributed by atoms with Gasteiger partial charge in [-0.1, -0.05) is 64.7 Å². The van der Waals surface area contributed by atoms with E-state index in [2.05, 4.69) is 12.2 Å². The summed E-state index contributed by atoms with van der Waals surface area (Å²) in [5.41, 5.74) is 0. The van der Waals surface area contributed by atoms with Gasteiger partial charge >= 0.3 is 0 Å². The van der Waals surface area contributed by atoms with Crippen molar-refractivity contribution in [3.63, 3.8) is 0 Å². The van der Waals surface area contributed by atoms with Crippen LogP contribution in [0.15, 0.2) is 0 Å². The molecule has 0 spiro atoms. The third kappa shape index (κ3) is 6.75. The lowest BCUT2D eigenvalue weighted by Crippen LogP contribution is -2.45. The first-order valence-corrected chi connectivity index (χ1v) is 8.42. The molecule has 118 valence electrons. The van der Waals surface area contributed by atoms with Crippen LogP contribution in [0.4, 0.5) is 0 Å². The van der Waals surface area contributed by atoms with Crippen LogP contribution in [-0.2, 0) is 9.59 Å². The first-order valence-electron chi connectivity index (χ1n) is 8.42. The van der Waals surface area contributed by atoms with Crippen LogP contribution in [0.2, 0.25) is 0 Å². The van der Waals surface area contributed by atoms with Crippen LogP contribution in [-0.4, -0.2) is 11.8 Å². The van der Waals surface area contributed by atoms with Crippen LogP contribution in [0.3, 0.4) is 0 Å². The summed E-state index contributed by atoms with van der Waals surface area (Å²) in [4.78, 5) is 22.9. The van der Waals surface area contributed by atoms with Gasteiger partial charge in [0.1, 0.15) is 5.92 Å². The number of imide groups is 1. The fourth-order valence-electron chi connectivity index (χ4n) is 2.99. The number of rotatable bonds is 10. The Morgan fingerprint density at radius 1 is 1.05 bits per heavy atom. The highest BCUT2D eigenvalue weighted by atomic mass is 16.2. The molecule has 4 heteroatoms. The molecule has 1 aliphatic rings. The Balaban J connectivity index is 2.10. The first-order chi connectivity index (χ1) is 10.2. The van der Waals surface area contributed by atoms with Gasteiger partial charge in [-0.15, -0.1) is 0 Å². The summed E-state index contributed by atoms with van der Waals surface area (Å²) < 4.78 is 0. The lowest BCUT2D eigenvalue weighted by atomic mass is 9.82. The molecule has 4 nitrogen and oxygen atoms in total. The number of carbonyl (C=O) groups excluding carboxylic acids is 2. The van der Waals surface area contributed by atoms with Gasteiger partial charge in [-0.3, -0.25) is 14.9 Å². The monoisotopic (exact) mass is 292 g/mol. The smallest absolute Gasteiger partial charge is 0.244 e. The zero-order chi connectivity index (χ0) is 15.5. The number of unbranched alkanes of at least 4 members (excludes halogenated alkanes) is 8. The summed E-state index contributed by atoms with van der Waals surface area (Å²) in [5, 5.41) is 11.3. The van der Waals surface area contributed by atoms with Crippen molar-refractivity contribution in [1.29, 1.82) is 5.26 Å². The summed E-state index contributed by atoms with van der Waals surface area (Å²) in [7, 11) is 0. The van der Waals surface area contributed by atoms with Crippen molar-refractivity contribution in [2.24, 2.45) is 11.8 Å². The zero-order valence-electron chi connectivity index (χ0n) is 13.2. The predicted octanol–water partition coefficient (Wildman–Crippen LogP) is 3.71. The number of nitriles is 1. The molecule has 1 N–H and O–H groups in total. The standard InChI is InChI=1S/C17H28N2O2/c1-2-3-4-5-6-7-8-9-10-11-14-12-16(20)19-17(21)15(14)13-18/h14-15H,2-12H2,1H3,(H,19,20,21)/t14-,15+/m1/s1. The zero-order valence-corrected chi connectivity index (χ0v) is 13.2. The number of piperidine rings is 1. The Morgan fingerprint density at radius 2 is 1.62 bits per heavy atom. The van der Waals surface area contributed by atoms with E-state index >= 15 is 0 Å². The van der Waals surface area contributed by atoms with Crippen LogP contribution < -0.4 is 5.32 Å². The molecule has 1 heterocycles. The number of nitrogens with zero attached hydrogens (tertiary/aromatic N) is 1. The topological polar surface area (TPSA) is 70.0 Å². The number of nitrogens with one attached hydrogen (secondary N) is 1. The maximum Gasteiger partial charge on any atom is 0.244 e. The van der Waals surface area contributed by atoms with Crippen molar-refractivity contribution in [3.05, 3.63) is 0 Å². The minimum Gasteiger partial charge on any atom is -0.295 e. The molecule has 0 aromatic carbocycles. The molecule has 1 fully saturated rings. The lowest BCUT2D eigenvalue weighted by Gasteiger charge is -2.25. The molecule has 2 amide bonds. The van der Waals surface area contributed by atoms with Crippen molar-refractivity contribution in [2.45, 2.75) is 77.6 Å². The molecule has 0 aromatic rings. The van der Waals surface area contributed by atoms with Gasteiger partial charge in [-0.05, 0) is 12.3 Å². The number of carbonyl (C=O) groups is 2. The van der Waals surface area contributed by atoms with Gasteiger partial charge in [-0.25, -0.2) is 0 Å². The molecular weight excluding hydrogens is 264 g/mol. The third-order valence-electron chi connectivity index (χ3n) is 4.28. The van der Waals surface area contributed by atoms with E-state index in [9.17, 15) is 9.59 Å². The molecule has 0 aliphatic carbocycles. The van der Waals surface area contributed by atoms with E-state index in [1.807, 2.05) is 6.07 Å². The maximum absolute atomic E-state index is 11.6. The molecule has 0 saturated carbocycles. The number of hydrogen-bond acceptors (Lipinski definition) is 3.